The predicted octanol–water partition coefficient (Wildman–Crippen LogP) is 9.19. The van der Waals surface area contributed by atoms with Crippen LogP contribution in [-0.4, -0.2) is 62.2 Å². The van der Waals surface area contributed by atoms with Gasteiger partial charge < -0.3 is 37.9 Å². The van der Waals surface area contributed by atoms with Crippen LogP contribution < -0.4 is 28.4 Å². The number of rotatable bonds is 22. The molecule has 1 fully saturated rings. The maximum Gasteiger partial charge on any atom is 0.343 e. The minimum Gasteiger partial charge on any atom is -0.494 e. The fourth-order valence-corrected chi connectivity index (χ4v) is 8.12. The molecule has 1 saturated carbocycles. The second kappa shape index (κ2) is 21.6. The third-order valence-corrected chi connectivity index (χ3v) is 11.6. The summed E-state index contributed by atoms with van der Waals surface area (Å²) in [6, 6.07) is 22.9. The third kappa shape index (κ3) is 11.3. The molecule has 7 rings (SSSR count). The molecule has 0 amide bonds. The fraction of sp³-hybridized carbons (Fsp3) is 0.346. The Bertz CT molecular complexity index is 2310. The minimum atomic E-state index is -0.759. The molecule has 1 aliphatic carbocycles. The molecule has 0 bridgehead atoms. The third-order valence-electron chi connectivity index (χ3n) is 11.6. The van der Waals surface area contributed by atoms with Crippen LogP contribution in [0.2, 0.25) is 0 Å². The summed E-state index contributed by atoms with van der Waals surface area (Å²) in [6.07, 6.45) is 6.77. The van der Waals surface area contributed by atoms with Crippen LogP contribution in [0.1, 0.15) is 109 Å². The van der Waals surface area contributed by atoms with Crippen LogP contribution in [0, 0.1) is 11.8 Å². The Morgan fingerprint density at radius 1 is 0.470 bits per heavy atom. The molecule has 4 atom stereocenters. The largest absolute Gasteiger partial charge is 0.494 e. The van der Waals surface area contributed by atoms with Crippen molar-refractivity contribution in [3.05, 3.63) is 131 Å². The van der Waals surface area contributed by atoms with E-state index in [-0.39, 0.29) is 34.9 Å². The van der Waals surface area contributed by atoms with Crippen molar-refractivity contribution in [1.29, 1.82) is 0 Å². The average molecular weight is 901 g/mol. The summed E-state index contributed by atoms with van der Waals surface area (Å²) >= 11 is 0. The Kier molecular flexibility index (Phi) is 15.3. The van der Waals surface area contributed by atoms with E-state index in [1.165, 1.54) is 12.1 Å². The van der Waals surface area contributed by atoms with Gasteiger partial charge in [-0.2, -0.15) is 0 Å². The maximum absolute atomic E-state index is 13.3. The van der Waals surface area contributed by atoms with Crippen LogP contribution in [0.4, 0.5) is 0 Å². The van der Waals surface area contributed by atoms with E-state index in [2.05, 4.69) is 13.2 Å². The number of benzene rings is 4. The number of carbonyl (C=O) groups excluding carboxylic acids is 6. The number of carbonyl (C=O) groups is 6. The quantitative estimate of drug-likeness (QED) is 0.0316. The molecule has 4 aromatic rings. The van der Waals surface area contributed by atoms with Crippen molar-refractivity contribution >= 4 is 35.8 Å². The van der Waals surface area contributed by atoms with Crippen molar-refractivity contribution in [3.63, 3.8) is 0 Å². The number of ether oxygens (including phenoxy) is 8. The van der Waals surface area contributed by atoms with Gasteiger partial charge in [-0.05, 0) is 137 Å². The van der Waals surface area contributed by atoms with Gasteiger partial charge in [0, 0.05) is 35.1 Å². The molecule has 0 spiro atoms. The first-order valence-electron chi connectivity index (χ1n) is 22.1. The van der Waals surface area contributed by atoms with E-state index in [1.807, 2.05) is 0 Å². The first-order chi connectivity index (χ1) is 31.9. The van der Waals surface area contributed by atoms with Crippen LogP contribution in [-0.2, 0) is 28.7 Å². The van der Waals surface area contributed by atoms with Crippen molar-refractivity contribution in [2.24, 2.45) is 11.8 Å². The Morgan fingerprint density at radius 3 is 1.18 bits per heavy atom. The fourth-order valence-electron chi connectivity index (χ4n) is 8.12. The SMILES string of the molecule is C=C(C)C(=O)OCCCCCCOc1ccc(C(=O)Oc2ccc3c(c2)OC(=O)C2C4C(=O)Oc5cc(OC(=O)c6ccc(OCCCCCCOC(=O)C(=C)C)cc6)ccc5C4C32)cc1. The predicted molar refractivity (Wildman–Crippen MR) is 239 cm³/mol. The number of unbranched alkanes of at least 4 members (excludes halogenated alkanes) is 6. The first-order valence-corrected chi connectivity index (χ1v) is 22.1. The second-order valence-corrected chi connectivity index (χ2v) is 16.5. The summed E-state index contributed by atoms with van der Waals surface area (Å²) in [5.74, 6) is -3.42. The van der Waals surface area contributed by atoms with E-state index in [4.69, 9.17) is 37.9 Å². The van der Waals surface area contributed by atoms with E-state index in [9.17, 15) is 28.8 Å². The lowest BCUT2D eigenvalue weighted by atomic mass is 9.51. The Balaban J connectivity index is 0.888. The molecular formula is C52H52O14. The molecule has 14 nitrogen and oxygen atoms in total. The van der Waals surface area contributed by atoms with Crippen LogP contribution in [0.25, 0.3) is 0 Å². The lowest BCUT2D eigenvalue weighted by Gasteiger charge is -2.53. The van der Waals surface area contributed by atoms with E-state index in [0.717, 1.165) is 51.4 Å². The summed E-state index contributed by atoms with van der Waals surface area (Å²) in [5, 5.41) is 0. The molecule has 14 heteroatoms. The van der Waals surface area contributed by atoms with Crippen molar-refractivity contribution in [2.45, 2.75) is 77.0 Å². The first kappa shape index (κ1) is 46.8. The highest BCUT2D eigenvalue weighted by Crippen LogP contribution is 2.65. The monoisotopic (exact) mass is 900 g/mol. The molecular weight excluding hydrogens is 849 g/mol. The second-order valence-electron chi connectivity index (χ2n) is 16.5. The Hall–Kier alpha value is -7.22. The van der Waals surface area contributed by atoms with Gasteiger partial charge in [0.1, 0.15) is 34.5 Å². The van der Waals surface area contributed by atoms with Gasteiger partial charge in [-0.3, -0.25) is 9.59 Å². The van der Waals surface area contributed by atoms with Crippen LogP contribution in [0.15, 0.2) is 109 Å². The van der Waals surface area contributed by atoms with Gasteiger partial charge in [-0.15, -0.1) is 0 Å². The normalized spacial score (nSPS) is 17.4. The van der Waals surface area contributed by atoms with Gasteiger partial charge in [0.2, 0.25) is 0 Å². The van der Waals surface area contributed by atoms with Crippen LogP contribution >= 0.6 is 0 Å². The molecule has 0 saturated heterocycles. The lowest BCUT2D eigenvalue weighted by molar-refractivity contribution is -0.165. The van der Waals surface area contributed by atoms with E-state index >= 15 is 0 Å². The van der Waals surface area contributed by atoms with Gasteiger partial charge in [0.25, 0.3) is 0 Å². The number of hydrogen-bond acceptors (Lipinski definition) is 14. The smallest absolute Gasteiger partial charge is 0.343 e. The van der Waals surface area contributed by atoms with Gasteiger partial charge in [0.15, 0.2) is 0 Å². The minimum absolute atomic E-state index is 0.177. The van der Waals surface area contributed by atoms with Crippen LogP contribution in [0.3, 0.4) is 0 Å². The standard InChI is InChI=1S/C52H52O14/c1-31(2)47(53)61-27-11-7-5-9-25-59-35-17-13-33(14-18-35)49(55)63-37-21-23-39-41(29-37)65-51(57)45-43(39)44-40-24-22-38(30-42(40)66-52(58)46(44)45)64-50(56)34-15-19-36(20-16-34)60-26-10-6-8-12-28-62-48(54)32(3)4/h13-24,29-30,43-46H,1,3,5-12,25-28H2,2,4H3. The molecule has 0 radical (unpaired) electrons. The van der Waals surface area contributed by atoms with Gasteiger partial charge >= 0.3 is 35.8 Å². The number of fused-ring (bicyclic) bond motifs is 8. The molecule has 3 aliphatic rings. The zero-order valence-corrected chi connectivity index (χ0v) is 37.0. The maximum atomic E-state index is 13.3. The van der Waals surface area contributed by atoms with Crippen molar-refractivity contribution in [1.82, 2.24) is 0 Å². The molecule has 2 heterocycles. The highest BCUT2D eigenvalue weighted by Gasteiger charge is 2.64. The van der Waals surface area contributed by atoms with Crippen molar-refractivity contribution < 1.29 is 66.7 Å². The van der Waals surface area contributed by atoms with E-state index in [1.54, 1.807) is 86.6 Å². The van der Waals surface area contributed by atoms with Gasteiger partial charge in [0.05, 0.1) is 49.4 Å². The van der Waals surface area contributed by atoms with Crippen molar-refractivity contribution in [3.8, 4) is 34.5 Å². The molecule has 4 unspecified atom stereocenters. The highest BCUT2D eigenvalue weighted by molar-refractivity contribution is 5.94. The topological polar surface area (TPSA) is 176 Å². The molecule has 4 aromatic carbocycles. The van der Waals surface area contributed by atoms with Gasteiger partial charge in [-0.25, -0.2) is 19.2 Å². The Morgan fingerprint density at radius 2 is 0.818 bits per heavy atom. The Labute approximate surface area is 382 Å². The summed E-state index contributed by atoms with van der Waals surface area (Å²) in [6.45, 7) is 12.1. The van der Waals surface area contributed by atoms with Gasteiger partial charge in [-0.1, -0.05) is 25.3 Å². The van der Waals surface area contributed by atoms with Crippen molar-refractivity contribution in [2.75, 3.05) is 26.4 Å². The summed E-state index contributed by atoms with van der Waals surface area (Å²) < 4.78 is 44.5. The molecule has 344 valence electrons. The van der Waals surface area contributed by atoms with E-state index in [0.29, 0.717) is 71.3 Å². The molecule has 66 heavy (non-hydrogen) atoms. The zero-order valence-electron chi connectivity index (χ0n) is 37.0. The van der Waals surface area contributed by atoms with E-state index < -0.39 is 47.5 Å². The molecule has 0 aromatic heterocycles. The summed E-state index contributed by atoms with van der Waals surface area (Å²) in [7, 11) is 0. The number of esters is 6. The van der Waals surface area contributed by atoms with Crippen LogP contribution in [0.5, 0.6) is 34.5 Å². The summed E-state index contributed by atoms with van der Waals surface area (Å²) in [5.41, 5.74) is 2.74. The zero-order chi connectivity index (χ0) is 46.7. The highest BCUT2D eigenvalue weighted by atomic mass is 16.6. The average Bonchev–Trinajstić information content (AvgIpc) is 3.28. The number of hydrogen-bond donors (Lipinski definition) is 0. The lowest BCUT2D eigenvalue weighted by Crippen LogP contribution is -2.57. The molecule has 0 N–H and O–H groups in total. The molecule has 2 aliphatic heterocycles. The summed E-state index contributed by atoms with van der Waals surface area (Å²) in [4.78, 5) is 75.8.